The van der Waals surface area contributed by atoms with Crippen LogP contribution in [0.3, 0.4) is 0 Å². The minimum atomic E-state index is -0.482. The van der Waals surface area contributed by atoms with Crippen molar-refractivity contribution in [3.63, 3.8) is 0 Å². The van der Waals surface area contributed by atoms with Gasteiger partial charge in [0.15, 0.2) is 0 Å². The number of hydrogen-bond donors (Lipinski definition) is 2. The molecule has 0 unspecified atom stereocenters. The molecule has 0 aliphatic rings. The number of aromatic nitrogens is 3. The predicted octanol–water partition coefficient (Wildman–Crippen LogP) is 0.711. The third kappa shape index (κ3) is 4.72. The van der Waals surface area contributed by atoms with Gasteiger partial charge in [-0.1, -0.05) is 29.5 Å². The summed E-state index contributed by atoms with van der Waals surface area (Å²) in [7, 11) is 0. The monoisotopic (exact) mass is 369 g/mol. The Morgan fingerprint density at radius 2 is 1.70 bits per heavy atom. The zero-order chi connectivity index (χ0) is 19.2. The van der Waals surface area contributed by atoms with E-state index >= 15 is 0 Å². The number of rotatable bonds is 5. The molecule has 0 radical (unpaired) electrons. The topological polar surface area (TPSA) is 106 Å². The van der Waals surface area contributed by atoms with Crippen LogP contribution >= 0.6 is 0 Å². The standard InChI is InChI=1S/C18H16FN5O3/c19-13-7-5-12(6-8-13)11-17(26)22-21-16(25)9-10-24-18(27)14-3-1-2-4-15(14)20-23-24/h1-8H,9-11H2,(H,21,25)(H,22,26). The van der Waals surface area contributed by atoms with Gasteiger partial charge in [0, 0.05) is 6.42 Å². The van der Waals surface area contributed by atoms with Crippen LogP contribution in [-0.4, -0.2) is 26.8 Å². The zero-order valence-electron chi connectivity index (χ0n) is 14.2. The predicted molar refractivity (Wildman–Crippen MR) is 94.8 cm³/mol. The van der Waals surface area contributed by atoms with Crippen molar-refractivity contribution >= 4 is 22.7 Å². The SMILES string of the molecule is O=C(CCn1nnc2ccccc2c1=O)NNC(=O)Cc1ccc(F)cc1. The van der Waals surface area contributed by atoms with Crippen LogP contribution in [0.2, 0.25) is 0 Å². The molecule has 3 aromatic rings. The molecule has 3 rings (SSSR count). The molecule has 0 saturated heterocycles. The van der Waals surface area contributed by atoms with E-state index in [1.165, 1.54) is 24.3 Å². The molecule has 0 fully saturated rings. The lowest BCUT2D eigenvalue weighted by atomic mass is 10.1. The molecule has 0 bridgehead atoms. The van der Waals surface area contributed by atoms with E-state index < -0.39 is 11.8 Å². The highest BCUT2D eigenvalue weighted by Crippen LogP contribution is 2.04. The highest BCUT2D eigenvalue weighted by atomic mass is 19.1. The first-order valence-corrected chi connectivity index (χ1v) is 8.17. The van der Waals surface area contributed by atoms with E-state index in [9.17, 15) is 18.8 Å². The smallest absolute Gasteiger partial charge is 0.273 e. The van der Waals surface area contributed by atoms with Gasteiger partial charge in [0.05, 0.1) is 18.4 Å². The number of carbonyl (C=O) groups is 2. The lowest BCUT2D eigenvalue weighted by Gasteiger charge is -2.08. The molecular weight excluding hydrogens is 353 g/mol. The van der Waals surface area contributed by atoms with Gasteiger partial charge in [-0.25, -0.2) is 9.07 Å². The van der Waals surface area contributed by atoms with Gasteiger partial charge in [-0.3, -0.25) is 25.2 Å². The van der Waals surface area contributed by atoms with E-state index in [0.717, 1.165) is 4.68 Å². The number of carbonyl (C=O) groups excluding carboxylic acids is 2. The number of hydrogen-bond acceptors (Lipinski definition) is 5. The van der Waals surface area contributed by atoms with Crippen molar-refractivity contribution in [2.24, 2.45) is 0 Å². The largest absolute Gasteiger partial charge is 0.277 e. The Labute approximate surface area is 153 Å². The van der Waals surface area contributed by atoms with Crippen LogP contribution in [0.15, 0.2) is 53.3 Å². The first-order valence-electron chi connectivity index (χ1n) is 8.17. The average molecular weight is 369 g/mol. The van der Waals surface area contributed by atoms with Crippen molar-refractivity contribution in [3.8, 4) is 0 Å². The molecule has 27 heavy (non-hydrogen) atoms. The van der Waals surface area contributed by atoms with E-state index in [1.807, 2.05) is 0 Å². The summed E-state index contributed by atoms with van der Waals surface area (Å²) in [4.78, 5) is 35.9. The van der Waals surface area contributed by atoms with Gasteiger partial charge >= 0.3 is 0 Å². The maximum Gasteiger partial charge on any atom is 0.277 e. The molecule has 0 aliphatic heterocycles. The second kappa shape index (κ2) is 8.17. The summed E-state index contributed by atoms with van der Waals surface area (Å²) in [5, 5.41) is 8.14. The molecule has 0 aliphatic carbocycles. The maximum atomic E-state index is 12.8. The van der Waals surface area contributed by atoms with E-state index in [1.54, 1.807) is 24.3 Å². The molecule has 138 valence electrons. The van der Waals surface area contributed by atoms with Gasteiger partial charge in [0.25, 0.3) is 5.56 Å². The summed E-state index contributed by atoms with van der Waals surface area (Å²) in [5.41, 5.74) is 5.29. The van der Waals surface area contributed by atoms with Crippen molar-refractivity contribution in [3.05, 3.63) is 70.3 Å². The van der Waals surface area contributed by atoms with Crippen LogP contribution in [-0.2, 0) is 22.6 Å². The number of amides is 2. The Kier molecular flexibility index (Phi) is 5.50. The van der Waals surface area contributed by atoms with Crippen LogP contribution in [0, 0.1) is 5.82 Å². The Balaban J connectivity index is 1.50. The zero-order valence-corrected chi connectivity index (χ0v) is 14.2. The van der Waals surface area contributed by atoms with Gasteiger partial charge in [0.2, 0.25) is 11.8 Å². The normalized spacial score (nSPS) is 10.6. The Hall–Kier alpha value is -3.62. The average Bonchev–Trinajstić information content (AvgIpc) is 2.68. The third-order valence-corrected chi connectivity index (χ3v) is 3.80. The fourth-order valence-electron chi connectivity index (χ4n) is 2.41. The highest BCUT2D eigenvalue weighted by molar-refractivity contribution is 5.83. The second-order valence-corrected chi connectivity index (χ2v) is 5.78. The van der Waals surface area contributed by atoms with Crippen LogP contribution in [0.25, 0.3) is 10.9 Å². The Bertz CT molecular complexity index is 1030. The van der Waals surface area contributed by atoms with Crippen LogP contribution < -0.4 is 16.4 Å². The van der Waals surface area contributed by atoms with Crippen LogP contribution in [0.4, 0.5) is 4.39 Å². The summed E-state index contributed by atoms with van der Waals surface area (Å²) in [6.07, 6.45) is -0.0695. The molecule has 2 amide bonds. The highest BCUT2D eigenvalue weighted by Gasteiger charge is 2.09. The number of nitrogens with zero attached hydrogens (tertiary/aromatic N) is 3. The van der Waals surface area contributed by atoms with E-state index in [2.05, 4.69) is 21.2 Å². The Morgan fingerprint density at radius 3 is 2.48 bits per heavy atom. The fraction of sp³-hybridized carbons (Fsp3) is 0.167. The number of hydrazine groups is 1. The van der Waals surface area contributed by atoms with E-state index in [0.29, 0.717) is 16.5 Å². The second-order valence-electron chi connectivity index (χ2n) is 5.78. The lowest BCUT2D eigenvalue weighted by Crippen LogP contribution is -2.43. The van der Waals surface area contributed by atoms with Crippen molar-refractivity contribution < 1.29 is 14.0 Å². The lowest BCUT2D eigenvalue weighted by molar-refractivity contribution is -0.128. The van der Waals surface area contributed by atoms with Crippen molar-refractivity contribution in [1.82, 2.24) is 25.8 Å². The molecule has 1 heterocycles. The van der Waals surface area contributed by atoms with Gasteiger partial charge in [-0.15, -0.1) is 5.10 Å². The maximum absolute atomic E-state index is 12.8. The minimum absolute atomic E-state index is 0.00380. The molecule has 8 nitrogen and oxygen atoms in total. The number of benzene rings is 2. The number of aryl methyl sites for hydroxylation is 1. The van der Waals surface area contributed by atoms with Gasteiger partial charge in [-0.05, 0) is 29.8 Å². The van der Waals surface area contributed by atoms with Crippen LogP contribution in [0.1, 0.15) is 12.0 Å². The quantitative estimate of drug-likeness (QED) is 0.645. The van der Waals surface area contributed by atoms with E-state index in [-0.39, 0.29) is 30.8 Å². The minimum Gasteiger partial charge on any atom is -0.273 e. The molecule has 0 atom stereocenters. The summed E-state index contributed by atoms with van der Waals surface area (Å²) in [5.74, 6) is -1.32. The summed E-state index contributed by atoms with van der Waals surface area (Å²) >= 11 is 0. The summed E-state index contributed by atoms with van der Waals surface area (Å²) in [6.45, 7) is 0.0241. The molecule has 9 heteroatoms. The first-order chi connectivity index (χ1) is 13.0. The molecule has 0 spiro atoms. The molecule has 0 saturated carbocycles. The van der Waals surface area contributed by atoms with Crippen molar-refractivity contribution in [1.29, 1.82) is 0 Å². The van der Waals surface area contributed by atoms with Gasteiger partial charge in [-0.2, -0.15) is 0 Å². The molecule has 2 aromatic carbocycles. The number of fused-ring (bicyclic) bond motifs is 1. The van der Waals surface area contributed by atoms with Crippen molar-refractivity contribution in [2.75, 3.05) is 0 Å². The summed E-state index contributed by atoms with van der Waals surface area (Å²) in [6, 6.07) is 12.3. The summed E-state index contributed by atoms with van der Waals surface area (Å²) < 4.78 is 13.9. The van der Waals surface area contributed by atoms with Crippen molar-refractivity contribution in [2.45, 2.75) is 19.4 Å². The molecule has 2 N–H and O–H groups in total. The molecular formula is C18H16FN5O3. The van der Waals surface area contributed by atoms with Gasteiger partial charge < -0.3 is 0 Å². The van der Waals surface area contributed by atoms with E-state index in [4.69, 9.17) is 0 Å². The fourth-order valence-corrected chi connectivity index (χ4v) is 2.41. The molecule has 1 aromatic heterocycles. The number of nitrogens with one attached hydrogen (secondary N) is 2. The van der Waals surface area contributed by atoms with Crippen LogP contribution in [0.5, 0.6) is 0 Å². The first kappa shape index (κ1) is 18.2. The number of halogens is 1. The van der Waals surface area contributed by atoms with Gasteiger partial charge in [0.1, 0.15) is 11.3 Å². The Morgan fingerprint density at radius 1 is 1.00 bits per heavy atom. The third-order valence-electron chi connectivity index (χ3n) is 3.80.